The second-order valence-corrected chi connectivity index (χ2v) is 6.14. The number of carbonyl (C=O) groups excluding carboxylic acids is 2. The molecular formula is C15H30Cl2N6O2. The molecule has 0 aromatic heterocycles. The number of aldehydes is 1. The van der Waals surface area contributed by atoms with Crippen LogP contribution >= 0.6 is 24.8 Å². The summed E-state index contributed by atoms with van der Waals surface area (Å²) in [6.07, 6.45) is 6.14. The van der Waals surface area contributed by atoms with E-state index in [1.165, 1.54) is 0 Å². The zero-order chi connectivity index (χ0) is 16.7. The van der Waals surface area contributed by atoms with Gasteiger partial charge in [-0.05, 0) is 38.6 Å². The predicted octanol–water partition coefficient (Wildman–Crippen LogP) is 0.0425. The molecule has 2 atom stereocenters. The molecule has 25 heavy (non-hydrogen) atoms. The molecule has 2 aliphatic rings. The maximum absolute atomic E-state index is 12.9. The summed E-state index contributed by atoms with van der Waals surface area (Å²) in [6.45, 7) is 2.99. The molecule has 2 aliphatic heterocycles. The third-order valence-corrected chi connectivity index (χ3v) is 4.39. The first kappa shape index (κ1) is 23.9. The molecule has 0 aliphatic carbocycles. The number of nitrogens with two attached hydrogens (primary N) is 2. The van der Waals surface area contributed by atoms with Crippen LogP contribution in [0.1, 0.15) is 38.5 Å². The Morgan fingerprint density at radius 1 is 1.28 bits per heavy atom. The van der Waals surface area contributed by atoms with Gasteiger partial charge in [0.05, 0.1) is 6.04 Å². The minimum atomic E-state index is -0.444. The van der Waals surface area contributed by atoms with Crippen LogP contribution in [0.25, 0.3) is 0 Å². The van der Waals surface area contributed by atoms with Crippen molar-refractivity contribution in [2.75, 3.05) is 26.2 Å². The Labute approximate surface area is 161 Å². The Hall–Kier alpha value is -1.09. The summed E-state index contributed by atoms with van der Waals surface area (Å²) in [5, 5.41) is 6.93. The fourth-order valence-corrected chi connectivity index (χ4v) is 3.01. The smallest absolute Gasteiger partial charge is 0.254 e. The summed E-state index contributed by atoms with van der Waals surface area (Å²) in [5.41, 5.74) is 10.6. The van der Waals surface area contributed by atoms with E-state index < -0.39 is 6.04 Å². The summed E-state index contributed by atoms with van der Waals surface area (Å²) in [6, 6.07) is -0.620. The average molecular weight is 397 g/mol. The van der Waals surface area contributed by atoms with Gasteiger partial charge in [-0.2, -0.15) is 0 Å². The van der Waals surface area contributed by atoms with E-state index >= 15 is 0 Å². The van der Waals surface area contributed by atoms with Crippen LogP contribution in [-0.2, 0) is 9.59 Å². The van der Waals surface area contributed by atoms with Gasteiger partial charge in [0.15, 0.2) is 5.96 Å². The number of nitrogens with zero attached hydrogens (tertiary/aromatic N) is 3. The predicted molar refractivity (Wildman–Crippen MR) is 103 cm³/mol. The van der Waals surface area contributed by atoms with Crippen LogP contribution in [0, 0.1) is 0 Å². The van der Waals surface area contributed by atoms with E-state index in [0.717, 1.165) is 51.6 Å². The molecule has 2 saturated heterocycles. The first-order chi connectivity index (χ1) is 11.1. The largest absolute Gasteiger partial charge is 0.370 e. The zero-order valence-corrected chi connectivity index (χ0v) is 16.1. The van der Waals surface area contributed by atoms with Crippen molar-refractivity contribution in [3.8, 4) is 0 Å². The third kappa shape index (κ3) is 6.97. The molecule has 8 nitrogen and oxygen atoms in total. The van der Waals surface area contributed by atoms with E-state index in [9.17, 15) is 9.59 Å². The highest BCUT2D eigenvalue weighted by atomic mass is 35.5. The van der Waals surface area contributed by atoms with Crippen molar-refractivity contribution < 1.29 is 9.59 Å². The van der Waals surface area contributed by atoms with E-state index in [1.54, 1.807) is 5.01 Å². The molecule has 0 spiro atoms. The summed E-state index contributed by atoms with van der Waals surface area (Å²) in [5.74, 6) is 0.0677. The number of rotatable bonds is 8. The maximum Gasteiger partial charge on any atom is 0.254 e. The van der Waals surface area contributed by atoms with Crippen molar-refractivity contribution >= 4 is 43.0 Å². The number of guanidine groups is 1. The summed E-state index contributed by atoms with van der Waals surface area (Å²) < 4.78 is 0. The minimum Gasteiger partial charge on any atom is -0.370 e. The molecule has 0 saturated carbocycles. The number of piperidine rings is 1. The van der Waals surface area contributed by atoms with E-state index in [2.05, 4.69) is 10.3 Å². The lowest BCUT2D eigenvalue weighted by Crippen LogP contribution is -2.62. The molecule has 1 amide bonds. The van der Waals surface area contributed by atoms with Crippen molar-refractivity contribution in [1.29, 1.82) is 0 Å². The number of hydrazine groups is 1. The van der Waals surface area contributed by atoms with E-state index in [1.807, 2.05) is 5.01 Å². The van der Waals surface area contributed by atoms with Gasteiger partial charge < -0.3 is 21.6 Å². The lowest BCUT2D eigenvalue weighted by molar-refractivity contribution is -0.169. The van der Waals surface area contributed by atoms with Crippen molar-refractivity contribution in [2.45, 2.75) is 50.6 Å². The zero-order valence-electron chi connectivity index (χ0n) is 14.4. The monoisotopic (exact) mass is 396 g/mol. The Balaban J connectivity index is 0.00000288. The molecule has 146 valence electrons. The van der Waals surface area contributed by atoms with E-state index in [4.69, 9.17) is 11.5 Å². The van der Waals surface area contributed by atoms with E-state index in [-0.39, 0.29) is 42.7 Å². The van der Waals surface area contributed by atoms with Crippen LogP contribution < -0.4 is 16.8 Å². The number of carbonyl (C=O) groups is 2. The lowest BCUT2D eigenvalue weighted by atomic mass is 10.0. The van der Waals surface area contributed by atoms with Crippen LogP contribution in [-0.4, -0.2) is 66.4 Å². The minimum absolute atomic E-state index is 0. The summed E-state index contributed by atoms with van der Waals surface area (Å²) >= 11 is 0. The van der Waals surface area contributed by atoms with Gasteiger partial charge in [-0.1, -0.05) is 6.42 Å². The van der Waals surface area contributed by atoms with Crippen molar-refractivity contribution in [2.24, 2.45) is 16.5 Å². The molecule has 0 unspecified atom stereocenters. The Kier molecular flexibility index (Phi) is 11.8. The molecule has 2 fully saturated rings. The van der Waals surface area contributed by atoms with Gasteiger partial charge in [-0.15, -0.1) is 24.8 Å². The molecule has 0 aromatic rings. The number of hydrogen-bond donors (Lipinski definition) is 3. The third-order valence-electron chi connectivity index (χ3n) is 4.39. The normalized spacial score (nSPS) is 20.9. The van der Waals surface area contributed by atoms with Crippen molar-refractivity contribution in [1.82, 2.24) is 15.3 Å². The second kappa shape index (κ2) is 12.3. The average Bonchev–Trinajstić information content (AvgIpc) is 2.51. The lowest BCUT2D eigenvalue weighted by Gasteiger charge is -2.45. The topological polar surface area (TPSA) is 117 Å². The molecule has 0 aromatic carbocycles. The standard InChI is InChI=1S/C15H28N6O2.2ClH/c16-15(17)19-8-3-5-12(11-22)21(20-9-4-10-20)14(23)13-6-1-2-7-18-13;;/h11-13,18H,1-10H2,(H4,16,17,19);2*1H/t12-,13+;;/m0../s1. The van der Waals surface area contributed by atoms with E-state index in [0.29, 0.717) is 19.4 Å². The summed E-state index contributed by atoms with van der Waals surface area (Å²) in [4.78, 5) is 28.4. The molecular weight excluding hydrogens is 367 g/mol. The van der Waals surface area contributed by atoms with Gasteiger partial charge in [0, 0.05) is 19.6 Å². The molecule has 2 heterocycles. The van der Waals surface area contributed by atoms with Crippen LogP contribution in [0.3, 0.4) is 0 Å². The number of halogens is 2. The highest BCUT2D eigenvalue weighted by Gasteiger charge is 2.36. The van der Waals surface area contributed by atoms with Crippen molar-refractivity contribution in [3.05, 3.63) is 0 Å². The number of hydrogen-bond acceptors (Lipinski definition) is 5. The Bertz CT molecular complexity index is 438. The SMILES string of the molecule is Cl.Cl.NC(N)=NCCC[C@@H](C=O)N(C(=O)[C@H]1CCCCN1)N1CCC1. The molecule has 2 rings (SSSR count). The quantitative estimate of drug-likeness (QED) is 0.231. The van der Waals surface area contributed by atoms with Crippen LogP contribution in [0.4, 0.5) is 0 Å². The van der Waals surface area contributed by atoms with Crippen LogP contribution in [0.2, 0.25) is 0 Å². The Morgan fingerprint density at radius 3 is 2.48 bits per heavy atom. The molecule has 10 heteroatoms. The molecule has 0 radical (unpaired) electrons. The number of aliphatic imine (C=N–C) groups is 1. The highest BCUT2D eigenvalue weighted by Crippen LogP contribution is 2.20. The van der Waals surface area contributed by atoms with Crippen LogP contribution in [0.5, 0.6) is 0 Å². The van der Waals surface area contributed by atoms with Gasteiger partial charge in [0.25, 0.3) is 5.91 Å². The number of nitrogens with one attached hydrogen (secondary N) is 1. The fraction of sp³-hybridized carbons (Fsp3) is 0.800. The number of amides is 1. The van der Waals surface area contributed by atoms with Crippen molar-refractivity contribution in [3.63, 3.8) is 0 Å². The van der Waals surface area contributed by atoms with Gasteiger partial charge in [0.2, 0.25) is 0 Å². The summed E-state index contributed by atoms with van der Waals surface area (Å²) in [7, 11) is 0. The molecule has 0 bridgehead atoms. The van der Waals surface area contributed by atoms with Gasteiger partial charge in [-0.3, -0.25) is 14.8 Å². The van der Waals surface area contributed by atoms with Crippen LogP contribution in [0.15, 0.2) is 4.99 Å². The van der Waals surface area contributed by atoms with Gasteiger partial charge in [-0.25, -0.2) is 5.01 Å². The van der Waals surface area contributed by atoms with Gasteiger partial charge >= 0.3 is 0 Å². The maximum atomic E-state index is 12.9. The first-order valence-corrected chi connectivity index (χ1v) is 8.45. The van der Waals surface area contributed by atoms with Gasteiger partial charge in [0.1, 0.15) is 12.3 Å². The molecule has 5 N–H and O–H groups in total. The second-order valence-electron chi connectivity index (χ2n) is 6.14. The first-order valence-electron chi connectivity index (χ1n) is 8.45. The fourth-order valence-electron chi connectivity index (χ4n) is 3.01. The Morgan fingerprint density at radius 2 is 2.00 bits per heavy atom. The highest BCUT2D eigenvalue weighted by molar-refractivity contribution is 5.86.